The normalized spacial score (nSPS) is 26.9. The van der Waals surface area contributed by atoms with E-state index in [1.165, 1.54) is 46.9 Å². The van der Waals surface area contributed by atoms with Crippen molar-refractivity contribution in [1.82, 2.24) is 5.32 Å². The number of rotatable bonds is 4. The van der Waals surface area contributed by atoms with Crippen LogP contribution in [-0.2, 0) is 4.74 Å². The fraction of sp³-hybridized carbons (Fsp3) is 0.765. The second-order valence-electron chi connectivity index (χ2n) is 6.38. The van der Waals surface area contributed by atoms with Crippen LogP contribution in [0.2, 0.25) is 0 Å². The Hall–Kier alpha value is -0.0300. The molecule has 4 heteroatoms. The molecule has 2 fully saturated rings. The molecular weight excluding hydrogens is 298 g/mol. The van der Waals surface area contributed by atoms with Crippen molar-refractivity contribution in [2.45, 2.75) is 51.2 Å². The second kappa shape index (κ2) is 7.03. The first kappa shape index (κ1) is 15.9. The lowest BCUT2D eigenvalue weighted by atomic mass is 9.78. The summed E-state index contributed by atoms with van der Waals surface area (Å²) in [6.07, 6.45) is 4.93. The van der Waals surface area contributed by atoms with Gasteiger partial charge >= 0.3 is 0 Å². The summed E-state index contributed by atoms with van der Waals surface area (Å²) in [7, 11) is 0. The summed E-state index contributed by atoms with van der Waals surface area (Å²) in [4.78, 5) is 2.94. The number of hydrogen-bond acceptors (Lipinski definition) is 4. The molecule has 1 spiro atoms. The Morgan fingerprint density at radius 2 is 2.19 bits per heavy atom. The molecule has 2 nitrogen and oxygen atoms in total. The third kappa shape index (κ3) is 3.66. The number of thiophene rings is 1. The van der Waals surface area contributed by atoms with Gasteiger partial charge < -0.3 is 10.1 Å². The van der Waals surface area contributed by atoms with Gasteiger partial charge in [0.25, 0.3) is 0 Å². The molecule has 2 saturated heterocycles. The molecular formula is C17H27NOS2. The smallest absolute Gasteiger partial charge is 0.0701 e. The maximum Gasteiger partial charge on any atom is 0.0701 e. The number of hydrogen-bond donors (Lipinski definition) is 1. The van der Waals surface area contributed by atoms with Crippen molar-refractivity contribution in [3.05, 3.63) is 21.9 Å². The lowest BCUT2D eigenvalue weighted by Crippen LogP contribution is -2.45. The minimum absolute atomic E-state index is 0.189. The molecule has 2 unspecified atom stereocenters. The van der Waals surface area contributed by atoms with Crippen LogP contribution in [0.25, 0.3) is 0 Å². The highest BCUT2D eigenvalue weighted by Gasteiger charge is 2.41. The highest BCUT2D eigenvalue weighted by Crippen LogP contribution is 2.44. The lowest BCUT2D eigenvalue weighted by molar-refractivity contribution is -0.107. The van der Waals surface area contributed by atoms with Gasteiger partial charge in [-0.3, -0.25) is 0 Å². The van der Waals surface area contributed by atoms with Crippen molar-refractivity contribution in [1.29, 1.82) is 0 Å². The van der Waals surface area contributed by atoms with E-state index in [1.807, 2.05) is 11.3 Å². The third-order valence-electron chi connectivity index (χ3n) is 4.90. The SMILES string of the molecule is CCNC(c1ccc(C)s1)C1CCOC2(CCSCC2)C1. The van der Waals surface area contributed by atoms with Crippen LogP contribution in [0.1, 0.15) is 48.4 Å². The van der Waals surface area contributed by atoms with E-state index >= 15 is 0 Å². The third-order valence-corrected chi connectivity index (χ3v) is 6.97. The zero-order chi connectivity index (χ0) is 14.7. The van der Waals surface area contributed by atoms with Crippen LogP contribution in [0.5, 0.6) is 0 Å². The van der Waals surface area contributed by atoms with Crippen molar-refractivity contribution >= 4 is 23.1 Å². The Labute approximate surface area is 137 Å². The van der Waals surface area contributed by atoms with Crippen LogP contribution in [0, 0.1) is 12.8 Å². The van der Waals surface area contributed by atoms with Gasteiger partial charge in [-0.05, 0) is 68.7 Å². The van der Waals surface area contributed by atoms with Gasteiger partial charge in [0.15, 0.2) is 0 Å². The monoisotopic (exact) mass is 325 g/mol. The van der Waals surface area contributed by atoms with Crippen molar-refractivity contribution in [2.24, 2.45) is 5.92 Å². The number of ether oxygens (including phenoxy) is 1. The first-order valence-electron chi connectivity index (χ1n) is 8.24. The van der Waals surface area contributed by atoms with Crippen molar-refractivity contribution in [3.63, 3.8) is 0 Å². The van der Waals surface area contributed by atoms with Crippen LogP contribution in [-0.4, -0.2) is 30.3 Å². The molecule has 2 aliphatic rings. The Bertz CT molecular complexity index is 448. The summed E-state index contributed by atoms with van der Waals surface area (Å²) < 4.78 is 6.27. The molecule has 0 radical (unpaired) electrons. The molecule has 1 aromatic heterocycles. The molecule has 1 aromatic rings. The average Bonchev–Trinajstić information content (AvgIpc) is 2.92. The molecule has 0 bridgehead atoms. The zero-order valence-electron chi connectivity index (χ0n) is 13.2. The van der Waals surface area contributed by atoms with Crippen LogP contribution >= 0.6 is 23.1 Å². The summed E-state index contributed by atoms with van der Waals surface area (Å²) >= 11 is 4.05. The quantitative estimate of drug-likeness (QED) is 0.886. The Morgan fingerprint density at radius 1 is 1.38 bits per heavy atom. The maximum atomic E-state index is 6.27. The summed E-state index contributed by atoms with van der Waals surface area (Å²) in [6, 6.07) is 5.10. The highest BCUT2D eigenvalue weighted by atomic mass is 32.2. The van der Waals surface area contributed by atoms with E-state index in [-0.39, 0.29) is 5.60 Å². The highest BCUT2D eigenvalue weighted by molar-refractivity contribution is 7.99. The first-order valence-corrected chi connectivity index (χ1v) is 10.2. The molecule has 2 atom stereocenters. The standard InChI is InChI=1S/C17H27NOS2/c1-3-18-16(15-5-4-13(2)21-15)14-6-9-19-17(12-14)7-10-20-11-8-17/h4-5,14,16,18H,3,6-12H2,1-2H3. The van der Waals surface area contributed by atoms with Crippen molar-refractivity contribution < 1.29 is 4.74 Å². The van der Waals surface area contributed by atoms with E-state index in [2.05, 4.69) is 43.1 Å². The summed E-state index contributed by atoms with van der Waals surface area (Å²) in [5, 5.41) is 3.75. The number of aryl methyl sites for hydroxylation is 1. The fourth-order valence-electron chi connectivity index (χ4n) is 3.78. The minimum atomic E-state index is 0.189. The summed E-state index contributed by atoms with van der Waals surface area (Å²) in [5.41, 5.74) is 0.189. The van der Waals surface area contributed by atoms with E-state index < -0.39 is 0 Å². The minimum Gasteiger partial charge on any atom is -0.375 e. The van der Waals surface area contributed by atoms with Gasteiger partial charge in [0.1, 0.15) is 0 Å². The predicted octanol–water partition coefficient (Wildman–Crippen LogP) is 4.40. The van der Waals surface area contributed by atoms with E-state index in [0.29, 0.717) is 6.04 Å². The van der Waals surface area contributed by atoms with E-state index in [0.717, 1.165) is 19.1 Å². The lowest BCUT2D eigenvalue weighted by Gasteiger charge is -2.45. The van der Waals surface area contributed by atoms with Crippen LogP contribution < -0.4 is 5.32 Å². The second-order valence-corrected chi connectivity index (χ2v) is 8.92. The van der Waals surface area contributed by atoms with Gasteiger partial charge in [0.2, 0.25) is 0 Å². The van der Waals surface area contributed by atoms with Gasteiger partial charge in [-0.1, -0.05) is 6.92 Å². The molecule has 0 aromatic carbocycles. The van der Waals surface area contributed by atoms with Crippen molar-refractivity contribution in [3.8, 4) is 0 Å². The number of nitrogens with one attached hydrogen (secondary N) is 1. The van der Waals surface area contributed by atoms with Crippen molar-refractivity contribution in [2.75, 3.05) is 24.7 Å². The Morgan fingerprint density at radius 3 is 2.86 bits per heavy atom. The fourth-order valence-corrected chi connectivity index (χ4v) is 6.07. The van der Waals surface area contributed by atoms with Crippen LogP contribution in [0.3, 0.4) is 0 Å². The molecule has 0 amide bonds. The zero-order valence-corrected chi connectivity index (χ0v) is 14.8. The van der Waals surface area contributed by atoms with E-state index in [4.69, 9.17) is 4.74 Å². The molecule has 0 aliphatic carbocycles. The topological polar surface area (TPSA) is 21.3 Å². The van der Waals surface area contributed by atoms with E-state index in [9.17, 15) is 0 Å². The maximum absolute atomic E-state index is 6.27. The molecule has 0 saturated carbocycles. The van der Waals surface area contributed by atoms with Crippen LogP contribution in [0.15, 0.2) is 12.1 Å². The van der Waals surface area contributed by atoms with Gasteiger partial charge in [-0.25, -0.2) is 0 Å². The molecule has 118 valence electrons. The van der Waals surface area contributed by atoms with Gasteiger partial charge in [-0.2, -0.15) is 11.8 Å². The average molecular weight is 326 g/mol. The summed E-state index contributed by atoms with van der Waals surface area (Å²) in [5.74, 6) is 3.27. The Kier molecular flexibility index (Phi) is 5.31. The molecule has 2 aliphatic heterocycles. The van der Waals surface area contributed by atoms with Gasteiger partial charge in [0, 0.05) is 22.4 Å². The number of thioether (sulfide) groups is 1. The molecule has 21 heavy (non-hydrogen) atoms. The summed E-state index contributed by atoms with van der Waals surface area (Å²) in [6.45, 7) is 6.42. The van der Waals surface area contributed by atoms with Gasteiger partial charge in [-0.15, -0.1) is 11.3 Å². The molecule has 3 heterocycles. The Balaban J connectivity index is 1.75. The first-order chi connectivity index (χ1) is 10.2. The van der Waals surface area contributed by atoms with E-state index in [1.54, 1.807) is 0 Å². The van der Waals surface area contributed by atoms with Crippen LogP contribution in [0.4, 0.5) is 0 Å². The largest absolute Gasteiger partial charge is 0.375 e. The predicted molar refractivity (Wildman–Crippen MR) is 93.4 cm³/mol. The molecule has 1 N–H and O–H groups in total. The van der Waals surface area contributed by atoms with Gasteiger partial charge in [0.05, 0.1) is 5.60 Å². The molecule has 3 rings (SSSR count).